The number of hydrogen-bond acceptors (Lipinski definition) is 3. The maximum Gasteiger partial charge on any atom is 0.253 e. The Balaban J connectivity index is 2.19. The standard InChI is InChI=1S/C16H17ClN2O3/c1-9-6-10(2)19-16(21)13(9)8-18-15(20)12-7-11(22-3)4-5-14(12)17/h4-7H,8H2,1-3H3,(H,18,20)(H,19,21). The van der Waals surface area contributed by atoms with Crippen molar-refractivity contribution in [2.45, 2.75) is 20.4 Å². The third-order valence-electron chi connectivity index (χ3n) is 3.34. The van der Waals surface area contributed by atoms with Gasteiger partial charge in [0, 0.05) is 17.8 Å². The van der Waals surface area contributed by atoms with Crippen LogP contribution in [0, 0.1) is 13.8 Å². The van der Waals surface area contributed by atoms with E-state index in [0.29, 0.717) is 21.9 Å². The molecule has 2 aromatic rings. The van der Waals surface area contributed by atoms with Crippen LogP contribution in [-0.2, 0) is 6.54 Å². The Morgan fingerprint density at radius 3 is 2.68 bits per heavy atom. The van der Waals surface area contributed by atoms with Gasteiger partial charge in [-0.2, -0.15) is 0 Å². The van der Waals surface area contributed by atoms with Crippen molar-refractivity contribution in [2.75, 3.05) is 7.11 Å². The molecular weight excluding hydrogens is 304 g/mol. The van der Waals surface area contributed by atoms with E-state index < -0.39 is 0 Å². The highest BCUT2D eigenvalue weighted by Gasteiger charge is 2.13. The number of aromatic nitrogens is 1. The zero-order valence-electron chi connectivity index (χ0n) is 12.6. The summed E-state index contributed by atoms with van der Waals surface area (Å²) in [6.07, 6.45) is 0. The van der Waals surface area contributed by atoms with Crippen LogP contribution in [0.5, 0.6) is 5.75 Å². The summed E-state index contributed by atoms with van der Waals surface area (Å²) in [4.78, 5) is 26.9. The van der Waals surface area contributed by atoms with Crippen molar-refractivity contribution in [3.8, 4) is 5.75 Å². The van der Waals surface area contributed by atoms with Crippen LogP contribution in [0.4, 0.5) is 0 Å². The first kappa shape index (κ1) is 16.1. The molecule has 22 heavy (non-hydrogen) atoms. The van der Waals surface area contributed by atoms with E-state index in [2.05, 4.69) is 10.3 Å². The molecular formula is C16H17ClN2O3. The second kappa shape index (κ2) is 6.66. The highest BCUT2D eigenvalue weighted by molar-refractivity contribution is 6.33. The first-order valence-corrected chi connectivity index (χ1v) is 7.11. The molecule has 0 saturated heterocycles. The summed E-state index contributed by atoms with van der Waals surface area (Å²) in [7, 11) is 1.51. The van der Waals surface area contributed by atoms with Crippen molar-refractivity contribution in [3.63, 3.8) is 0 Å². The van der Waals surface area contributed by atoms with Crippen molar-refractivity contribution < 1.29 is 9.53 Å². The summed E-state index contributed by atoms with van der Waals surface area (Å²) >= 11 is 6.03. The van der Waals surface area contributed by atoms with Gasteiger partial charge < -0.3 is 15.0 Å². The van der Waals surface area contributed by atoms with Gasteiger partial charge >= 0.3 is 0 Å². The Bertz CT molecular complexity index is 768. The minimum Gasteiger partial charge on any atom is -0.497 e. The molecule has 0 aliphatic heterocycles. The number of aryl methyl sites for hydroxylation is 2. The van der Waals surface area contributed by atoms with Crippen molar-refractivity contribution in [3.05, 3.63) is 62.0 Å². The number of pyridine rings is 1. The molecule has 6 heteroatoms. The summed E-state index contributed by atoms with van der Waals surface area (Å²) in [5, 5.41) is 3.04. The number of ether oxygens (including phenoxy) is 1. The van der Waals surface area contributed by atoms with Crippen LogP contribution in [0.3, 0.4) is 0 Å². The summed E-state index contributed by atoms with van der Waals surface area (Å²) in [6, 6.07) is 6.69. The number of aromatic amines is 1. The number of nitrogens with one attached hydrogen (secondary N) is 2. The quantitative estimate of drug-likeness (QED) is 0.909. The molecule has 0 spiro atoms. The van der Waals surface area contributed by atoms with Crippen LogP contribution in [0.25, 0.3) is 0 Å². The van der Waals surface area contributed by atoms with E-state index in [-0.39, 0.29) is 18.0 Å². The third-order valence-corrected chi connectivity index (χ3v) is 3.67. The number of carbonyl (C=O) groups excluding carboxylic acids is 1. The van der Waals surface area contributed by atoms with E-state index in [9.17, 15) is 9.59 Å². The molecule has 1 heterocycles. The summed E-state index contributed by atoms with van der Waals surface area (Å²) < 4.78 is 5.08. The average Bonchev–Trinajstić information content (AvgIpc) is 2.46. The predicted molar refractivity (Wildman–Crippen MR) is 85.7 cm³/mol. The number of amides is 1. The van der Waals surface area contributed by atoms with Crippen molar-refractivity contribution in [2.24, 2.45) is 0 Å². The zero-order chi connectivity index (χ0) is 16.3. The molecule has 0 atom stereocenters. The van der Waals surface area contributed by atoms with Gasteiger partial charge in [0.15, 0.2) is 0 Å². The smallest absolute Gasteiger partial charge is 0.253 e. The van der Waals surface area contributed by atoms with E-state index in [4.69, 9.17) is 16.3 Å². The average molecular weight is 321 g/mol. The van der Waals surface area contributed by atoms with Gasteiger partial charge in [-0.1, -0.05) is 11.6 Å². The van der Waals surface area contributed by atoms with E-state index >= 15 is 0 Å². The maximum atomic E-state index is 12.2. The lowest BCUT2D eigenvalue weighted by atomic mass is 10.1. The molecule has 0 unspecified atom stereocenters. The summed E-state index contributed by atoms with van der Waals surface area (Å²) in [5.41, 5.74) is 2.25. The number of methoxy groups -OCH3 is 1. The van der Waals surface area contributed by atoms with Gasteiger partial charge in [-0.05, 0) is 43.7 Å². The summed E-state index contributed by atoms with van der Waals surface area (Å²) in [6.45, 7) is 3.78. The fourth-order valence-corrected chi connectivity index (χ4v) is 2.37. The number of halogens is 1. The fourth-order valence-electron chi connectivity index (χ4n) is 2.17. The lowest BCUT2D eigenvalue weighted by molar-refractivity contribution is 0.0950. The van der Waals surface area contributed by atoms with E-state index in [0.717, 1.165) is 11.3 Å². The Morgan fingerprint density at radius 1 is 1.32 bits per heavy atom. The van der Waals surface area contributed by atoms with Crippen LogP contribution in [-0.4, -0.2) is 18.0 Å². The third kappa shape index (κ3) is 3.49. The second-order valence-corrected chi connectivity index (χ2v) is 5.38. The molecule has 0 aliphatic carbocycles. The van der Waals surface area contributed by atoms with Crippen LogP contribution < -0.4 is 15.6 Å². The normalized spacial score (nSPS) is 10.4. The Labute approximate surface area is 133 Å². The molecule has 2 N–H and O–H groups in total. The first-order chi connectivity index (χ1) is 10.4. The lowest BCUT2D eigenvalue weighted by Crippen LogP contribution is -2.28. The zero-order valence-corrected chi connectivity index (χ0v) is 13.4. The van der Waals surface area contributed by atoms with Gasteiger partial charge in [0.2, 0.25) is 0 Å². The molecule has 0 radical (unpaired) electrons. The molecule has 1 amide bonds. The number of rotatable bonds is 4. The topological polar surface area (TPSA) is 71.2 Å². The van der Waals surface area contributed by atoms with Gasteiger partial charge in [-0.25, -0.2) is 0 Å². The summed E-state index contributed by atoms with van der Waals surface area (Å²) in [5.74, 6) is 0.183. The predicted octanol–water partition coefficient (Wildman–Crippen LogP) is 2.58. The highest BCUT2D eigenvalue weighted by Crippen LogP contribution is 2.21. The van der Waals surface area contributed by atoms with Crippen molar-refractivity contribution in [1.29, 1.82) is 0 Å². The van der Waals surface area contributed by atoms with E-state index in [1.54, 1.807) is 18.2 Å². The van der Waals surface area contributed by atoms with Crippen LogP contribution in [0.15, 0.2) is 29.1 Å². The Morgan fingerprint density at radius 2 is 2.05 bits per heavy atom. The van der Waals surface area contributed by atoms with Crippen molar-refractivity contribution >= 4 is 17.5 Å². The molecule has 116 valence electrons. The number of hydrogen-bond donors (Lipinski definition) is 2. The number of carbonyl (C=O) groups is 1. The SMILES string of the molecule is COc1ccc(Cl)c(C(=O)NCc2c(C)cc(C)[nH]c2=O)c1. The lowest BCUT2D eigenvalue weighted by Gasteiger charge is -2.10. The van der Waals surface area contributed by atoms with Gasteiger partial charge in [0.1, 0.15) is 5.75 Å². The minimum atomic E-state index is -0.358. The minimum absolute atomic E-state index is 0.133. The molecule has 0 fully saturated rings. The van der Waals surface area contributed by atoms with E-state index in [1.807, 2.05) is 19.9 Å². The molecule has 0 saturated carbocycles. The van der Waals surface area contributed by atoms with Crippen LogP contribution >= 0.6 is 11.6 Å². The van der Waals surface area contributed by atoms with Crippen molar-refractivity contribution in [1.82, 2.24) is 10.3 Å². The molecule has 0 aliphatic rings. The van der Waals surface area contributed by atoms with Crippen LogP contribution in [0.1, 0.15) is 27.2 Å². The maximum absolute atomic E-state index is 12.2. The monoisotopic (exact) mass is 320 g/mol. The fraction of sp³-hybridized carbons (Fsp3) is 0.250. The molecule has 2 rings (SSSR count). The van der Waals surface area contributed by atoms with E-state index in [1.165, 1.54) is 7.11 Å². The first-order valence-electron chi connectivity index (χ1n) is 6.73. The second-order valence-electron chi connectivity index (χ2n) is 4.97. The number of H-pyrrole nitrogens is 1. The molecule has 1 aromatic carbocycles. The Kier molecular flexibility index (Phi) is 4.88. The van der Waals surface area contributed by atoms with Crippen LogP contribution in [0.2, 0.25) is 5.02 Å². The molecule has 1 aromatic heterocycles. The van der Waals surface area contributed by atoms with Gasteiger partial charge in [-0.3, -0.25) is 9.59 Å². The molecule has 5 nitrogen and oxygen atoms in total. The highest BCUT2D eigenvalue weighted by atomic mass is 35.5. The van der Waals surface area contributed by atoms with Gasteiger partial charge in [0.05, 0.1) is 17.7 Å². The number of benzene rings is 1. The Hall–Kier alpha value is -2.27. The van der Waals surface area contributed by atoms with Gasteiger partial charge in [-0.15, -0.1) is 0 Å². The molecule has 0 bridgehead atoms. The largest absolute Gasteiger partial charge is 0.497 e. The van der Waals surface area contributed by atoms with Gasteiger partial charge in [0.25, 0.3) is 11.5 Å².